The smallest absolute Gasteiger partial charge is 0.178 e. The van der Waals surface area contributed by atoms with E-state index < -0.39 is 0 Å². The van der Waals surface area contributed by atoms with E-state index in [2.05, 4.69) is 109 Å². The van der Waals surface area contributed by atoms with Gasteiger partial charge < -0.3 is 53.0 Å². The molecule has 0 N–H and O–H groups in total. The highest BCUT2D eigenvalue weighted by molar-refractivity contribution is 7.21. The van der Waals surface area contributed by atoms with Gasteiger partial charge in [0.1, 0.15) is 45.1 Å². The average Bonchev–Trinajstić information content (AvgIpc) is 1.58. The van der Waals surface area contributed by atoms with Crippen LogP contribution < -0.4 is 0 Å². The van der Waals surface area contributed by atoms with Gasteiger partial charge >= 0.3 is 0 Å². The molecule has 0 bridgehead atoms. The number of hydrogen-bond donors (Lipinski definition) is 0. The Hall–Kier alpha value is -17.1. The van der Waals surface area contributed by atoms with Crippen LogP contribution in [0.15, 0.2) is 279 Å². The first-order chi connectivity index (χ1) is 57.3. The van der Waals surface area contributed by atoms with Crippen LogP contribution in [0.25, 0.3) is 202 Å². The van der Waals surface area contributed by atoms with Crippen molar-refractivity contribution in [1.29, 1.82) is 0 Å². The SMILES string of the molecule is C(#Cc1cc2c(C#Cc3ccc(-c4ccc(-c5ccc(-c6cncc7nonc67)o5)o4)o3)c3sc(C#Cc4ccc(-c5ccc(-c6ccc(-c7cncc8nonc78)o6)o5)o4)cc3c(C#Cc3ccc(-c4ccc(-c5ccc(-c6cncc7nonc67)o5)o4)o3)c2s1)c1ccc(-c2ccc(-c3ccc(-c4cncc5nonc45)o3)o2)o1. The van der Waals surface area contributed by atoms with Gasteiger partial charge in [-0.05, 0) is 235 Å². The van der Waals surface area contributed by atoms with Gasteiger partial charge in [0, 0.05) is 35.6 Å². The maximum atomic E-state index is 6.45. The fraction of sp³-hybridized carbons (Fsp3) is 0. The van der Waals surface area contributed by atoms with Crippen molar-refractivity contribution in [2.75, 3.05) is 0 Å². The highest BCUT2D eigenvalue weighted by Crippen LogP contribution is 2.44. The van der Waals surface area contributed by atoms with Crippen LogP contribution in [0.1, 0.15) is 43.9 Å². The van der Waals surface area contributed by atoms with E-state index in [0.29, 0.717) is 226 Å². The van der Waals surface area contributed by atoms with Crippen molar-refractivity contribution >= 4 is 87.0 Å². The van der Waals surface area contributed by atoms with Gasteiger partial charge in [0.25, 0.3) is 0 Å². The predicted octanol–water partition coefficient (Wildman–Crippen LogP) is 20.6. The van der Waals surface area contributed by atoms with Gasteiger partial charge in [0.2, 0.25) is 0 Å². The third kappa shape index (κ3) is 11.5. The quantitative estimate of drug-likeness (QED) is 0.103. The molecule has 28 nitrogen and oxygen atoms in total. The van der Waals surface area contributed by atoms with Gasteiger partial charge in [-0.3, -0.25) is 19.9 Å². The Balaban J connectivity index is 0.599. The van der Waals surface area contributed by atoms with E-state index >= 15 is 0 Å². The molecule has 0 unspecified atom stereocenters. The molecule has 22 heterocycles. The Morgan fingerprint density at radius 3 is 0.681 bits per heavy atom. The molecule has 30 heteroatoms. The van der Waals surface area contributed by atoms with Crippen LogP contribution in [0, 0.1) is 47.4 Å². The molecular formula is C86H34N12O16S2. The minimum atomic E-state index is 0.351. The number of hydrogen-bond acceptors (Lipinski definition) is 30. The maximum Gasteiger partial charge on any atom is 0.178 e. The molecule has 0 atom stereocenters. The monoisotopic (exact) mass is 1550 g/mol. The third-order valence-corrected chi connectivity index (χ3v) is 20.8. The Kier molecular flexibility index (Phi) is 14.7. The summed E-state index contributed by atoms with van der Waals surface area (Å²) in [6.45, 7) is 0. The van der Waals surface area contributed by atoms with Crippen molar-refractivity contribution in [3.63, 3.8) is 0 Å². The van der Waals surface area contributed by atoms with Crippen LogP contribution in [0.4, 0.5) is 0 Å². The van der Waals surface area contributed by atoms with Gasteiger partial charge in [-0.25, -0.2) is 18.5 Å². The molecule has 0 aliphatic carbocycles. The summed E-state index contributed by atoms with van der Waals surface area (Å²) in [5.41, 5.74) is 7.83. The topological polar surface area (TPSA) is 365 Å². The van der Waals surface area contributed by atoms with Crippen LogP contribution >= 0.6 is 22.7 Å². The van der Waals surface area contributed by atoms with Gasteiger partial charge in [0.15, 0.2) is 137 Å². The Labute approximate surface area is 652 Å². The van der Waals surface area contributed by atoms with Gasteiger partial charge in [0.05, 0.1) is 77.3 Å². The minimum absolute atomic E-state index is 0.351. The first kappa shape index (κ1) is 64.9. The first-order valence-electron chi connectivity index (χ1n) is 34.9. The molecule has 0 fully saturated rings. The summed E-state index contributed by atoms with van der Waals surface area (Å²) in [6, 6.07) is 47.0. The Morgan fingerprint density at radius 1 is 0.207 bits per heavy atom. The van der Waals surface area contributed by atoms with Crippen LogP contribution in [0.5, 0.6) is 0 Å². The summed E-state index contributed by atoms with van der Waals surface area (Å²) in [5.74, 6) is 37.7. The standard InChI is InChI=1S/C86H34N12O16S2/c1(43-5-13-65(99-43)69-25-29-77(107-69)73-21-17-61(103-73)53-35-87-39-57-81(53)95-111-91-57)9-47-33-51-49(11-3-45-7-15-67(101-45)71-27-31-79(109-71)75-23-19-63(105-75)55-37-89-41-59-83(55)97-113-93-59)86-52(34-48(116-86)10-2-44-6-14-66(100-44)70-26-30-78(108-70)74-22-18-62(104-74)54-36-88-40-58-82(54)96-112-92-58)50(85(51)115-47)12-4-46-8-16-68(102-46)72-28-32-80(110-72)76-24-20-64(106-76)56-38-90-42-60-84(56)98-114-94-60/h5-8,13-42H. The molecule has 0 aliphatic rings. The molecule has 0 spiro atoms. The number of fused-ring (bicyclic) bond motifs is 6. The lowest BCUT2D eigenvalue weighted by Crippen LogP contribution is -1.84. The normalized spacial score (nSPS) is 11.5. The Bertz CT molecular complexity index is 7590. The van der Waals surface area contributed by atoms with Crippen LogP contribution in [-0.4, -0.2) is 61.2 Å². The molecule has 116 heavy (non-hydrogen) atoms. The molecule has 546 valence electrons. The fourth-order valence-electron chi connectivity index (χ4n) is 13.2. The molecular weight excluding hydrogens is 1520 g/mol. The van der Waals surface area contributed by atoms with E-state index in [1.54, 1.807) is 195 Å². The zero-order valence-corrected chi connectivity index (χ0v) is 60.0. The highest BCUT2D eigenvalue weighted by atomic mass is 32.1. The minimum Gasteiger partial charge on any atom is -0.453 e. The van der Waals surface area contributed by atoms with E-state index in [9.17, 15) is 0 Å². The zero-order chi connectivity index (χ0) is 76.3. The summed E-state index contributed by atoms with van der Waals surface area (Å²) in [6.07, 6.45) is 12.8. The summed E-state index contributed by atoms with van der Waals surface area (Å²) < 4.78 is 97.1. The van der Waals surface area contributed by atoms with Gasteiger partial charge in [-0.15, -0.1) is 22.7 Å². The lowest BCUT2D eigenvalue weighted by molar-refractivity contribution is 0.315. The second-order valence-electron chi connectivity index (χ2n) is 25.7. The molecule has 0 aliphatic heterocycles. The lowest BCUT2D eigenvalue weighted by Gasteiger charge is -2.02. The number of thiophene rings is 2. The second-order valence-corrected chi connectivity index (χ2v) is 27.8. The van der Waals surface area contributed by atoms with Crippen LogP contribution in [0.2, 0.25) is 0 Å². The number of benzene rings is 1. The summed E-state index contributed by atoms with van der Waals surface area (Å²) in [7, 11) is 0. The molecule has 0 amide bonds. The summed E-state index contributed by atoms with van der Waals surface area (Å²) in [5, 5.41) is 33.3. The van der Waals surface area contributed by atoms with Crippen LogP contribution in [0.3, 0.4) is 0 Å². The second kappa shape index (κ2) is 26.3. The van der Waals surface area contributed by atoms with Crippen molar-refractivity contribution in [2.45, 2.75) is 0 Å². The van der Waals surface area contributed by atoms with Crippen molar-refractivity contribution in [1.82, 2.24) is 61.2 Å². The predicted molar refractivity (Wildman–Crippen MR) is 412 cm³/mol. The molecule has 22 aromatic heterocycles. The number of aromatic nitrogens is 12. The first-order valence-corrected chi connectivity index (χ1v) is 36.6. The Morgan fingerprint density at radius 2 is 0.422 bits per heavy atom. The van der Waals surface area contributed by atoms with Gasteiger partial charge in [-0.2, -0.15) is 0 Å². The van der Waals surface area contributed by atoms with Gasteiger partial charge in [-0.1, -0.05) is 11.8 Å². The highest BCUT2D eigenvalue weighted by Gasteiger charge is 2.25. The fourth-order valence-corrected chi connectivity index (χ4v) is 15.3. The lowest BCUT2D eigenvalue weighted by atomic mass is 10.0. The van der Waals surface area contributed by atoms with E-state index in [0.717, 1.165) is 20.2 Å². The molecule has 0 saturated heterocycles. The average molecular weight is 1560 g/mol. The van der Waals surface area contributed by atoms with Crippen molar-refractivity contribution in [2.24, 2.45) is 0 Å². The number of rotatable bonds is 12. The summed E-state index contributed by atoms with van der Waals surface area (Å²) in [4.78, 5) is 18.4. The van der Waals surface area contributed by atoms with Crippen molar-refractivity contribution < 1.29 is 71.5 Å². The molecule has 0 radical (unpaired) electrons. The van der Waals surface area contributed by atoms with E-state index in [-0.39, 0.29) is 0 Å². The molecule has 0 saturated carbocycles. The van der Waals surface area contributed by atoms with E-state index in [1.807, 2.05) is 12.1 Å². The molecule has 1 aromatic carbocycles. The zero-order valence-electron chi connectivity index (χ0n) is 58.3. The van der Waals surface area contributed by atoms with Crippen molar-refractivity contribution in [3.05, 3.63) is 251 Å². The summed E-state index contributed by atoms with van der Waals surface area (Å²) >= 11 is 2.87. The van der Waals surface area contributed by atoms with Crippen molar-refractivity contribution in [3.8, 4) is 185 Å². The maximum absolute atomic E-state index is 6.45. The van der Waals surface area contributed by atoms with E-state index in [1.165, 1.54) is 22.7 Å². The number of furan rings is 12. The third-order valence-electron chi connectivity index (χ3n) is 18.7. The number of pyridine rings is 4. The van der Waals surface area contributed by atoms with Crippen LogP contribution in [-0.2, 0) is 0 Å². The molecule has 23 rings (SSSR count). The van der Waals surface area contributed by atoms with E-state index in [4.69, 9.17) is 71.5 Å². The molecule has 23 aromatic rings. The largest absolute Gasteiger partial charge is 0.453 e. The number of nitrogens with zero attached hydrogens (tertiary/aromatic N) is 12.